The zero-order valence-corrected chi connectivity index (χ0v) is 9.76. The molecule has 0 spiro atoms. The van der Waals surface area contributed by atoms with E-state index in [1.807, 2.05) is 0 Å². The average Bonchev–Trinajstić information content (AvgIpc) is 2.30. The molecule has 4 nitrogen and oxygen atoms in total. The van der Waals surface area contributed by atoms with E-state index < -0.39 is 15.1 Å². The van der Waals surface area contributed by atoms with Crippen LogP contribution in [-0.4, -0.2) is 23.9 Å². The molecule has 0 aromatic heterocycles. The Hall–Kier alpha value is -1.75. The van der Waals surface area contributed by atoms with Crippen LogP contribution in [0, 0.1) is 0 Å². The molecule has 1 aliphatic carbocycles. The van der Waals surface area contributed by atoms with Gasteiger partial charge >= 0.3 is 0 Å². The second-order valence-corrected chi connectivity index (χ2v) is 5.97. The Morgan fingerprint density at radius 2 is 1.76 bits per heavy atom. The van der Waals surface area contributed by atoms with Crippen LogP contribution in [0.5, 0.6) is 5.75 Å². The highest BCUT2D eigenvalue weighted by atomic mass is 32.2. The zero-order valence-electron chi connectivity index (χ0n) is 8.95. The first-order chi connectivity index (χ1) is 8.00. The summed E-state index contributed by atoms with van der Waals surface area (Å²) in [6.07, 6.45) is 4.58. The molecule has 0 fully saturated rings. The Kier molecular flexibility index (Phi) is 2.93. The number of phenolic OH excluding ortho intramolecular Hbond substituents is 1. The van der Waals surface area contributed by atoms with Crippen LogP contribution in [0.4, 0.5) is 0 Å². The van der Waals surface area contributed by atoms with E-state index in [1.54, 1.807) is 0 Å². The van der Waals surface area contributed by atoms with Gasteiger partial charge in [-0.2, -0.15) is 0 Å². The fraction of sp³-hybridized carbons (Fsp3) is 0.167. The Bertz CT molecular complexity index is 567. The number of hydrogen-bond donors (Lipinski definition) is 2. The molecule has 2 rings (SSSR count). The van der Waals surface area contributed by atoms with Gasteiger partial charge in [0, 0.05) is 0 Å². The second kappa shape index (κ2) is 4.25. The van der Waals surface area contributed by atoms with Gasteiger partial charge in [0.25, 0.3) is 0 Å². The lowest BCUT2D eigenvalue weighted by molar-refractivity contribution is 0.426. The lowest BCUT2D eigenvalue weighted by Gasteiger charge is -2.15. The Balaban J connectivity index is 2.32. The van der Waals surface area contributed by atoms with Crippen LogP contribution in [0.25, 0.3) is 0 Å². The maximum atomic E-state index is 12.2. The molecule has 0 bridgehead atoms. The minimum absolute atomic E-state index is 0.0284. The van der Waals surface area contributed by atoms with Crippen molar-refractivity contribution in [2.45, 2.75) is 16.6 Å². The minimum Gasteiger partial charge on any atom is -0.508 e. The molecule has 2 N–H and O–H groups in total. The first kappa shape index (κ1) is 11.7. The third kappa shape index (κ3) is 2.34. The van der Waals surface area contributed by atoms with Gasteiger partial charge in [-0.1, -0.05) is 6.08 Å². The summed E-state index contributed by atoms with van der Waals surface area (Å²) in [5, 5.41) is 17.6. The molecule has 90 valence electrons. The molecule has 1 unspecified atom stereocenters. The predicted molar refractivity (Wildman–Crippen MR) is 63.5 cm³/mol. The SMILES string of the molecule is O=S(=O)(c1ccc(O)cc1)C1C=CC(O)=CC1. The van der Waals surface area contributed by atoms with Crippen molar-refractivity contribution in [1.82, 2.24) is 0 Å². The summed E-state index contributed by atoms with van der Waals surface area (Å²) in [4.78, 5) is 0.166. The van der Waals surface area contributed by atoms with Gasteiger partial charge < -0.3 is 10.2 Å². The Morgan fingerprint density at radius 3 is 2.29 bits per heavy atom. The molecule has 1 aromatic rings. The fourth-order valence-corrected chi connectivity index (χ4v) is 3.13. The van der Waals surface area contributed by atoms with Gasteiger partial charge in [-0.15, -0.1) is 0 Å². The van der Waals surface area contributed by atoms with Gasteiger partial charge in [0.05, 0.1) is 10.1 Å². The van der Waals surface area contributed by atoms with E-state index in [-0.39, 0.29) is 22.8 Å². The minimum atomic E-state index is -3.46. The standard InChI is InChI=1S/C12H12O4S/c13-9-1-5-11(6-2-9)17(15,16)12-7-3-10(14)4-8-12/h1-7,12-14H,8H2. The monoisotopic (exact) mass is 252 g/mol. The molecule has 1 aliphatic rings. The van der Waals surface area contributed by atoms with Gasteiger partial charge in [-0.3, -0.25) is 0 Å². The maximum Gasteiger partial charge on any atom is 0.185 e. The van der Waals surface area contributed by atoms with Crippen molar-refractivity contribution in [3.8, 4) is 5.75 Å². The molecular formula is C12H12O4S. The summed E-state index contributed by atoms with van der Waals surface area (Å²) < 4.78 is 24.3. The highest BCUT2D eigenvalue weighted by molar-refractivity contribution is 7.92. The van der Waals surface area contributed by atoms with Crippen LogP contribution < -0.4 is 0 Å². The molecule has 0 saturated carbocycles. The van der Waals surface area contributed by atoms with Crippen LogP contribution in [0.2, 0.25) is 0 Å². The summed E-state index contributed by atoms with van der Waals surface area (Å²) in [5.41, 5.74) is 0. The number of aliphatic hydroxyl groups is 1. The number of aromatic hydroxyl groups is 1. The van der Waals surface area contributed by atoms with Crippen LogP contribution in [0.1, 0.15) is 6.42 Å². The van der Waals surface area contributed by atoms with Gasteiger partial charge in [-0.05, 0) is 42.8 Å². The van der Waals surface area contributed by atoms with Crippen molar-refractivity contribution < 1.29 is 18.6 Å². The van der Waals surface area contributed by atoms with Crippen molar-refractivity contribution in [2.75, 3.05) is 0 Å². The van der Waals surface area contributed by atoms with Crippen LogP contribution >= 0.6 is 0 Å². The predicted octanol–water partition coefficient (Wildman–Crippen LogP) is 1.94. The van der Waals surface area contributed by atoms with Gasteiger partial charge in [0.1, 0.15) is 11.5 Å². The number of phenols is 1. The molecule has 0 amide bonds. The highest BCUT2D eigenvalue weighted by Gasteiger charge is 2.25. The Labute approximate surface area is 99.4 Å². The molecule has 5 heteroatoms. The fourth-order valence-electron chi connectivity index (χ4n) is 1.63. The topological polar surface area (TPSA) is 74.6 Å². The summed E-state index contributed by atoms with van der Waals surface area (Å²) >= 11 is 0. The number of hydrogen-bond acceptors (Lipinski definition) is 4. The van der Waals surface area contributed by atoms with Crippen molar-refractivity contribution in [3.05, 3.63) is 48.3 Å². The first-order valence-corrected chi connectivity index (χ1v) is 6.65. The summed E-state index contributed by atoms with van der Waals surface area (Å²) in [7, 11) is -3.46. The summed E-state index contributed by atoms with van der Waals surface area (Å²) in [6.45, 7) is 0. The third-order valence-electron chi connectivity index (χ3n) is 2.60. The van der Waals surface area contributed by atoms with E-state index in [0.29, 0.717) is 0 Å². The molecule has 0 heterocycles. The Morgan fingerprint density at radius 1 is 1.12 bits per heavy atom. The molecule has 0 radical (unpaired) electrons. The molecular weight excluding hydrogens is 240 g/mol. The van der Waals surface area contributed by atoms with E-state index in [1.165, 1.54) is 42.5 Å². The van der Waals surface area contributed by atoms with Crippen molar-refractivity contribution in [2.24, 2.45) is 0 Å². The van der Waals surface area contributed by atoms with E-state index >= 15 is 0 Å². The van der Waals surface area contributed by atoms with Crippen molar-refractivity contribution in [1.29, 1.82) is 0 Å². The van der Waals surface area contributed by atoms with E-state index in [0.717, 1.165) is 0 Å². The van der Waals surface area contributed by atoms with Gasteiger partial charge in [0.15, 0.2) is 9.84 Å². The maximum absolute atomic E-state index is 12.2. The quantitative estimate of drug-likeness (QED) is 0.843. The number of sulfone groups is 1. The lowest BCUT2D eigenvalue weighted by atomic mass is 10.2. The summed E-state index contributed by atoms with van der Waals surface area (Å²) in [5.74, 6) is 0.114. The normalized spacial score (nSPS) is 20.0. The van der Waals surface area contributed by atoms with Crippen LogP contribution in [-0.2, 0) is 9.84 Å². The summed E-state index contributed by atoms with van der Waals surface area (Å²) in [6, 6.07) is 5.42. The van der Waals surface area contributed by atoms with Gasteiger partial charge in [0.2, 0.25) is 0 Å². The smallest absolute Gasteiger partial charge is 0.185 e. The highest BCUT2D eigenvalue weighted by Crippen LogP contribution is 2.24. The molecule has 1 aromatic carbocycles. The van der Waals surface area contributed by atoms with Crippen molar-refractivity contribution >= 4 is 9.84 Å². The number of allylic oxidation sites excluding steroid dienone is 2. The number of benzene rings is 1. The van der Waals surface area contributed by atoms with E-state index in [4.69, 9.17) is 10.2 Å². The lowest BCUT2D eigenvalue weighted by Crippen LogP contribution is -2.20. The largest absolute Gasteiger partial charge is 0.508 e. The second-order valence-electron chi connectivity index (χ2n) is 3.80. The van der Waals surface area contributed by atoms with Gasteiger partial charge in [-0.25, -0.2) is 8.42 Å². The molecule has 17 heavy (non-hydrogen) atoms. The third-order valence-corrected chi connectivity index (χ3v) is 4.68. The van der Waals surface area contributed by atoms with Crippen molar-refractivity contribution in [3.63, 3.8) is 0 Å². The first-order valence-electron chi connectivity index (χ1n) is 5.10. The van der Waals surface area contributed by atoms with Crippen LogP contribution in [0.15, 0.2) is 53.1 Å². The van der Waals surface area contributed by atoms with E-state index in [9.17, 15) is 8.42 Å². The molecule has 0 saturated heterocycles. The van der Waals surface area contributed by atoms with E-state index in [2.05, 4.69) is 0 Å². The molecule has 1 atom stereocenters. The zero-order chi connectivity index (χ0) is 12.5. The number of rotatable bonds is 2. The number of aliphatic hydroxyl groups excluding tert-OH is 1. The average molecular weight is 252 g/mol. The molecule has 0 aliphatic heterocycles. The van der Waals surface area contributed by atoms with Crippen LogP contribution in [0.3, 0.4) is 0 Å².